The van der Waals surface area contributed by atoms with Crippen LogP contribution in [0.4, 0.5) is 5.82 Å². The summed E-state index contributed by atoms with van der Waals surface area (Å²) in [5, 5.41) is 4.62. The van der Waals surface area contributed by atoms with Gasteiger partial charge in [-0.05, 0) is 25.2 Å². The number of benzene rings is 1. The lowest BCUT2D eigenvalue weighted by Crippen LogP contribution is -2.45. The van der Waals surface area contributed by atoms with Crippen molar-refractivity contribution in [2.75, 3.05) is 51.6 Å². The second-order valence-corrected chi connectivity index (χ2v) is 5.46. The van der Waals surface area contributed by atoms with Crippen molar-refractivity contribution in [1.29, 1.82) is 0 Å². The first kappa shape index (κ1) is 13.3. The van der Waals surface area contributed by atoms with Gasteiger partial charge >= 0.3 is 0 Å². The molecule has 0 amide bonds. The first-order valence-electron chi connectivity index (χ1n) is 7.32. The van der Waals surface area contributed by atoms with Gasteiger partial charge in [-0.2, -0.15) is 0 Å². The molecule has 2 aromatic rings. The predicted octanol–water partition coefficient (Wildman–Crippen LogP) is 1.89. The highest BCUT2D eigenvalue weighted by molar-refractivity contribution is 5.79. The van der Waals surface area contributed by atoms with E-state index in [1.54, 1.807) is 0 Å². The Morgan fingerprint density at radius 2 is 1.85 bits per heavy atom. The third-order valence-corrected chi connectivity index (χ3v) is 3.93. The van der Waals surface area contributed by atoms with E-state index in [1.165, 1.54) is 31.6 Å². The summed E-state index contributed by atoms with van der Waals surface area (Å²) in [6.07, 6.45) is 0. The summed E-state index contributed by atoms with van der Waals surface area (Å²) in [6.45, 7) is 6.73. The summed E-state index contributed by atoms with van der Waals surface area (Å²) >= 11 is 0. The van der Waals surface area contributed by atoms with E-state index >= 15 is 0 Å². The number of piperazine rings is 1. The number of fused-ring (bicyclic) bond motifs is 1. The highest BCUT2D eigenvalue weighted by Crippen LogP contribution is 2.14. The summed E-state index contributed by atoms with van der Waals surface area (Å²) in [5.74, 6) is 0.970. The number of hydrogen-bond donors (Lipinski definition) is 1. The zero-order valence-electron chi connectivity index (χ0n) is 12.0. The van der Waals surface area contributed by atoms with Crippen molar-refractivity contribution in [3.63, 3.8) is 0 Å². The summed E-state index contributed by atoms with van der Waals surface area (Å²) in [5.41, 5.74) is 1.05. The zero-order valence-corrected chi connectivity index (χ0v) is 12.0. The Labute approximate surface area is 120 Å². The Morgan fingerprint density at radius 1 is 1.05 bits per heavy atom. The molecular weight excluding hydrogens is 248 g/mol. The number of aromatic nitrogens is 1. The van der Waals surface area contributed by atoms with Gasteiger partial charge in [0.1, 0.15) is 5.82 Å². The van der Waals surface area contributed by atoms with Gasteiger partial charge in [-0.1, -0.05) is 18.2 Å². The first-order chi connectivity index (χ1) is 9.81. The van der Waals surface area contributed by atoms with Gasteiger partial charge in [-0.3, -0.25) is 4.90 Å². The van der Waals surface area contributed by atoms with E-state index in [1.807, 2.05) is 12.1 Å². The molecular formula is C16H22N4. The van der Waals surface area contributed by atoms with Crippen LogP contribution in [0.2, 0.25) is 0 Å². The Hall–Kier alpha value is -1.65. The van der Waals surface area contributed by atoms with Crippen LogP contribution in [0.1, 0.15) is 0 Å². The minimum atomic E-state index is 0.953. The fourth-order valence-electron chi connectivity index (χ4n) is 2.58. The predicted molar refractivity (Wildman–Crippen MR) is 84.2 cm³/mol. The Kier molecular flexibility index (Phi) is 4.14. The van der Waals surface area contributed by atoms with Crippen LogP contribution < -0.4 is 5.32 Å². The molecule has 1 saturated heterocycles. The minimum absolute atomic E-state index is 0.953. The van der Waals surface area contributed by atoms with Gasteiger partial charge in [0.25, 0.3) is 0 Å². The number of likely N-dealkylation sites (N-methyl/N-ethyl adjacent to an activating group) is 1. The molecule has 1 N–H and O–H groups in total. The van der Waals surface area contributed by atoms with Gasteiger partial charge in [-0.25, -0.2) is 4.98 Å². The van der Waals surface area contributed by atoms with E-state index < -0.39 is 0 Å². The van der Waals surface area contributed by atoms with E-state index in [0.717, 1.165) is 24.4 Å². The maximum Gasteiger partial charge on any atom is 0.126 e. The van der Waals surface area contributed by atoms with Crippen LogP contribution in [0, 0.1) is 0 Å². The normalized spacial score (nSPS) is 17.4. The molecule has 106 valence electrons. The summed E-state index contributed by atoms with van der Waals surface area (Å²) in [7, 11) is 2.19. The quantitative estimate of drug-likeness (QED) is 0.919. The van der Waals surface area contributed by atoms with Crippen LogP contribution >= 0.6 is 0 Å². The molecule has 2 heterocycles. The fourth-order valence-corrected chi connectivity index (χ4v) is 2.58. The number of nitrogens with zero attached hydrogens (tertiary/aromatic N) is 3. The van der Waals surface area contributed by atoms with Crippen molar-refractivity contribution in [2.24, 2.45) is 0 Å². The van der Waals surface area contributed by atoms with Gasteiger partial charge in [0.15, 0.2) is 0 Å². The van der Waals surface area contributed by atoms with Gasteiger partial charge < -0.3 is 10.2 Å². The first-order valence-corrected chi connectivity index (χ1v) is 7.32. The summed E-state index contributed by atoms with van der Waals surface area (Å²) in [6, 6.07) is 12.4. The Balaban J connectivity index is 1.52. The van der Waals surface area contributed by atoms with E-state index in [9.17, 15) is 0 Å². The van der Waals surface area contributed by atoms with Crippen LogP contribution in [0.3, 0.4) is 0 Å². The Bertz CT molecular complexity index is 561. The van der Waals surface area contributed by atoms with Crippen molar-refractivity contribution in [2.45, 2.75) is 0 Å². The van der Waals surface area contributed by atoms with Crippen LogP contribution in [0.25, 0.3) is 10.9 Å². The molecule has 0 saturated carbocycles. The van der Waals surface area contributed by atoms with Crippen molar-refractivity contribution in [3.05, 3.63) is 36.4 Å². The number of hydrogen-bond acceptors (Lipinski definition) is 4. The number of rotatable bonds is 4. The molecule has 0 bridgehead atoms. The number of para-hydroxylation sites is 1. The van der Waals surface area contributed by atoms with E-state index in [4.69, 9.17) is 0 Å². The van der Waals surface area contributed by atoms with Gasteiger partial charge in [0, 0.05) is 44.7 Å². The standard InChI is InChI=1S/C16H22N4/c1-19-10-12-20(13-11-19)9-8-17-16-7-6-14-4-2-3-5-15(14)18-16/h2-7H,8-13H2,1H3,(H,17,18). The molecule has 0 unspecified atom stereocenters. The van der Waals surface area contributed by atoms with E-state index in [-0.39, 0.29) is 0 Å². The molecule has 4 heteroatoms. The number of anilines is 1. The molecule has 1 aliphatic rings. The maximum atomic E-state index is 4.63. The second-order valence-electron chi connectivity index (χ2n) is 5.46. The highest BCUT2D eigenvalue weighted by Gasteiger charge is 2.12. The van der Waals surface area contributed by atoms with E-state index in [0.29, 0.717) is 0 Å². The van der Waals surface area contributed by atoms with Crippen molar-refractivity contribution in [1.82, 2.24) is 14.8 Å². The van der Waals surface area contributed by atoms with Crippen molar-refractivity contribution in [3.8, 4) is 0 Å². The third kappa shape index (κ3) is 3.26. The second kappa shape index (κ2) is 6.20. The molecule has 1 aliphatic heterocycles. The number of nitrogens with one attached hydrogen (secondary N) is 1. The molecule has 0 spiro atoms. The summed E-state index contributed by atoms with van der Waals surface area (Å²) < 4.78 is 0. The Morgan fingerprint density at radius 3 is 2.70 bits per heavy atom. The monoisotopic (exact) mass is 270 g/mol. The number of pyridine rings is 1. The summed E-state index contributed by atoms with van der Waals surface area (Å²) in [4.78, 5) is 9.52. The molecule has 0 atom stereocenters. The van der Waals surface area contributed by atoms with Crippen LogP contribution in [-0.2, 0) is 0 Å². The molecule has 0 radical (unpaired) electrons. The molecule has 1 aromatic carbocycles. The lowest BCUT2D eigenvalue weighted by Gasteiger charge is -2.32. The third-order valence-electron chi connectivity index (χ3n) is 3.93. The molecule has 0 aliphatic carbocycles. The maximum absolute atomic E-state index is 4.63. The molecule has 3 rings (SSSR count). The molecule has 1 fully saturated rings. The average Bonchev–Trinajstić information content (AvgIpc) is 2.49. The minimum Gasteiger partial charge on any atom is -0.369 e. The fraction of sp³-hybridized carbons (Fsp3) is 0.438. The highest BCUT2D eigenvalue weighted by atomic mass is 15.2. The lowest BCUT2D eigenvalue weighted by molar-refractivity contribution is 0.158. The van der Waals surface area contributed by atoms with E-state index in [2.05, 4.69) is 51.4 Å². The SMILES string of the molecule is CN1CCN(CCNc2ccc3ccccc3n2)CC1. The lowest BCUT2D eigenvalue weighted by atomic mass is 10.2. The molecule has 1 aromatic heterocycles. The molecule has 20 heavy (non-hydrogen) atoms. The van der Waals surface area contributed by atoms with Gasteiger partial charge in [0.05, 0.1) is 5.52 Å². The molecule has 4 nitrogen and oxygen atoms in total. The average molecular weight is 270 g/mol. The van der Waals surface area contributed by atoms with Crippen molar-refractivity contribution < 1.29 is 0 Å². The largest absolute Gasteiger partial charge is 0.369 e. The van der Waals surface area contributed by atoms with Crippen LogP contribution in [0.15, 0.2) is 36.4 Å². The van der Waals surface area contributed by atoms with Gasteiger partial charge in [0.2, 0.25) is 0 Å². The van der Waals surface area contributed by atoms with Crippen molar-refractivity contribution >= 4 is 16.7 Å². The van der Waals surface area contributed by atoms with Crippen LogP contribution in [-0.4, -0.2) is 61.1 Å². The van der Waals surface area contributed by atoms with Crippen LogP contribution in [0.5, 0.6) is 0 Å². The zero-order chi connectivity index (χ0) is 13.8. The topological polar surface area (TPSA) is 31.4 Å². The smallest absolute Gasteiger partial charge is 0.126 e. The van der Waals surface area contributed by atoms with Gasteiger partial charge in [-0.15, -0.1) is 0 Å².